The Labute approximate surface area is 132 Å². The summed E-state index contributed by atoms with van der Waals surface area (Å²) >= 11 is 0. The Bertz CT molecular complexity index is 570. The first-order valence-electron chi connectivity index (χ1n) is 7.61. The zero-order valence-corrected chi connectivity index (χ0v) is 12.5. The van der Waals surface area contributed by atoms with Gasteiger partial charge in [-0.2, -0.15) is 13.2 Å². The molecule has 126 valence electrons. The Morgan fingerprint density at radius 2 is 2.00 bits per heavy atom. The van der Waals surface area contributed by atoms with Crippen LogP contribution in [0.5, 0.6) is 0 Å². The van der Waals surface area contributed by atoms with Crippen molar-refractivity contribution in [3.05, 3.63) is 35.4 Å². The molecule has 0 N–H and O–H groups in total. The number of hydrogen-bond acceptors (Lipinski definition) is 3. The first-order valence-corrected chi connectivity index (χ1v) is 7.61. The van der Waals surface area contributed by atoms with Gasteiger partial charge in [-0.15, -0.1) is 0 Å². The molecule has 4 nitrogen and oxygen atoms in total. The Kier molecular flexibility index (Phi) is 4.59. The van der Waals surface area contributed by atoms with Crippen molar-refractivity contribution in [3.8, 4) is 0 Å². The van der Waals surface area contributed by atoms with Crippen LogP contribution in [0.15, 0.2) is 24.3 Å². The van der Waals surface area contributed by atoms with E-state index in [4.69, 9.17) is 9.47 Å². The van der Waals surface area contributed by atoms with E-state index in [1.165, 1.54) is 12.1 Å². The molecule has 0 aliphatic carbocycles. The monoisotopic (exact) mass is 329 g/mol. The molecule has 2 heterocycles. The number of carbonyl (C=O) groups is 1. The highest BCUT2D eigenvalue weighted by Crippen LogP contribution is 2.36. The van der Waals surface area contributed by atoms with Gasteiger partial charge in [0.15, 0.2) is 0 Å². The predicted molar refractivity (Wildman–Crippen MR) is 75.6 cm³/mol. The lowest BCUT2D eigenvalue weighted by Crippen LogP contribution is -2.45. The van der Waals surface area contributed by atoms with Crippen LogP contribution in [-0.2, 0) is 20.4 Å². The van der Waals surface area contributed by atoms with Crippen molar-refractivity contribution in [2.75, 3.05) is 32.9 Å². The van der Waals surface area contributed by atoms with Gasteiger partial charge in [0.2, 0.25) is 5.91 Å². The quantitative estimate of drug-likeness (QED) is 0.837. The van der Waals surface area contributed by atoms with Crippen molar-refractivity contribution in [1.29, 1.82) is 0 Å². The average molecular weight is 329 g/mol. The van der Waals surface area contributed by atoms with Crippen molar-refractivity contribution in [2.24, 2.45) is 5.92 Å². The third-order valence-corrected chi connectivity index (χ3v) is 4.27. The third kappa shape index (κ3) is 3.50. The summed E-state index contributed by atoms with van der Waals surface area (Å²) in [6.45, 7) is 1.72. The van der Waals surface area contributed by atoms with E-state index in [0.717, 1.165) is 6.07 Å². The van der Waals surface area contributed by atoms with Gasteiger partial charge in [0.05, 0.1) is 31.2 Å². The molecule has 0 radical (unpaired) electrons. The van der Waals surface area contributed by atoms with E-state index in [2.05, 4.69) is 0 Å². The summed E-state index contributed by atoms with van der Waals surface area (Å²) in [5.41, 5.74) is -0.622. The van der Waals surface area contributed by atoms with Crippen LogP contribution in [-0.4, -0.2) is 43.7 Å². The molecule has 7 heteroatoms. The fraction of sp³-hybridized carbons (Fsp3) is 0.562. The molecule has 0 spiro atoms. The summed E-state index contributed by atoms with van der Waals surface area (Å²) in [6.07, 6.45) is -4.53. The number of nitrogens with zero attached hydrogens (tertiary/aromatic N) is 1. The number of halogens is 3. The molecule has 2 atom stereocenters. The van der Waals surface area contributed by atoms with Crippen LogP contribution in [0.4, 0.5) is 13.2 Å². The van der Waals surface area contributed by atoms with Gasteiger partial charge >= 0.3 is 6.18 Å². The fourth-order valence-corrected chi connectivity index (χ4v) is 3.06. The zero-order valence-electron chi connectivity index (χ0n) is 12.5. The molecule has 23 heavy (non-hydrogen) atoms. The molecule has 1 aromatic rings. The zero-order chi connectivity index (χ0) is 16.4. The molecule has 0 unspecified atom stereocenters. The average Bonchev–Trinajstić information content (AvgIpc) is 3.08. The van der Waals surface area contributed by atoms with Gasteiger partial charge in [0, 0.05) is 13.2 Å². The Balaban J connectivity index is 1.78. The van der Waals surface area contributed by atoms with Crippen LogP contribution >= 0.6 is 0 Å². The Morgan fingerprint density at radius 3 is 2.70 bits per heavy atom. The molecular formula is C16H18F3NO3. The molecule has 0 bridgehead atoms. The number of benzene rings is 1. The van der Waals surface area contributed by atoms with Gasteiger partial charge in [-0.1, -0.05) is 18.2 Å². The van der Waals surface area contributed by atoms with Gasteiger partial charge < -0.3 is 14.4 Å². The molecular weight excluding hydrogens is 311 g/mol. The summed E-state index contributed by atoms with van der Waals surface area (Å²) in [6, 6.07) is 5.37. The summed E-state index contributed by atoms with van der Waals surface area (Å²) in [5, 5.41) is 0. The summed E-state index contributed by atoms with van der Waals surface area (Å²) in [5.74, 6) is -0.244. The molecule has 1 amide bonds. The van der Waals surface area contributed by atoms with E-state index in [1.54, 1.807) is 11.0 Å². The highest BCUT2D eigenvalue weighted by Gasteiger charge is 2.38. The highest BCUT2D eigenvalue weighted by molar-refractivity contribution is 5.79. The lowest BCUT2D eigenvalue weighted by molar-refractivity contribution is -0.146. The second-order valence-corrected chi connectivity index (χ2v) is 5.79. The molecule has 2 saturated heterocycles. The van der Waals surface area contributed by atoms with Gasteiger partial charge in [-0.3, -0.25) is 4.79 Å². The largest absolute Gasteiger partial charge is 0.416 e. The van der Waals surface area contributed by atoms with E-state index in [9.17, 15) is 18.0 Å². The summed E-state index contributed by atoms with van der Waals surface area (Å²) < 4.78 is 50.2. The Hall–Kier alpha value is -1.60. The van der Waals surface area contributed by atoms with Crippen LogP contribution in [0.25, 0.3) is 0 Å². The number of carbonyl (C=O) groups excluding carboxylic acids is 1. The number of amides is 1. The molecule has 2 fully saturated rings. The second-order valence-electron chi connectivity index (χ2n) is 5.79. The lowest BCUT2D eigenvalue weighted by Gasteiger charge is -2.35. The van der Waals surface area contributed by atoms with E-state index in [-0.39, 0.29) is 30.5 Å². The summed E-state index contributed by atoms with van der Waals surface area (Å²) in [4.78, 5) is 14.0. The minimum atomic E-state index is -4.44. The minimum Gasteiger partial charge on any atom is -0.381 e. The van der Waals surface area contributed by atoms with Crippen molar-refractivity contribution < 1.29 is 27.4 Å². The maximum atomic E-state index is 13.2. The molecule has 0 aromatic heterocycles. The topological polar surface area (TPSA) is 38.8 Å². The molecule has 3 rings (SSSR count). The number of alkyl halides is 3. The van der Waals surface area contributed by atoms with Crippen molar-refractivity contribution in [2.45, 2.75) is 18.7 Å². The first-order chi connectivity index (χ1) is 11.0. The summed E-state index contributed by atoms with van der Waals surface area (Å²) in [7, 11) is 0. The number of rotatable bonds is 2. The third-order valence-electron chi connectivity index (χ3n) is 4.27. The smallest absolute Gasteiger partial charge is 0.381 e. The SMILES string of the molecule is O=C([C@H]1CCOC1)N1CCO[C@@H](c2ccccc2C(F)(F)F)C1. The number of morpholine rings is 1. The van der Waals surface area contributed by atoms with Crippen LogP contribution in [0, 0.1) is 5.92 Å². The molecule has 1 aromatic carbocycles. The van der Waals surface area contributed by atoms with Crippen molar-refractivity contribution in [1.82, 2.24) is 4.90 Å². The van der Waals surface area contributed by atoms with E-state index in [1.807, 2.05) is 0 Å². The van der Waals surface area contributed by atoms with Crippen LogP contribution < -0.4 is 0 Å². The van der Waals surface area contributed by atoms with Gasteiger partial charge in [0.1, 0.15) is 6.10 Å². The molecule has 0 saturated carbocycles. The maximum absolute atomic E-state index is 13.2. The van der Waals surface area contributed by atoms with Crippen molar-refractivity contribution >= 4 is 5.91 Å². The maximum Gasteiger partial charge on any atom is 0.416 e. The van der Waals surface area contributed by atoms with Crippen molar-refractivity contribution in [3.63, 3.8) is 0 Å². The number of ether oxygens (including phenoxy) is 2. The van der Waals surface area contributed by atoms with Gasteiger partial charge in [0.25, 0.3) is 0 Å². The molecule has 2 aliphatic heterocycles. The fourth-order valence-electron chi connectivity index (χ4n) is 3.06. The highest BCUT2D eigenvalue weighted by atomic mass is 19.4. The predicted octanol–water partition coefficient (Wildman–Crippen LogP) is 2.64. The van der Waals surface area contributed by atoms with Gasteiger partial charge in [-0.25, -0.2) is 0 Å². The normalized spacial score (nSPS) is 25.6. The van der Waals surface area contributed by atoms with Crippen LogP contribution in [0.2, 0.25) is 0 Å². The first kappa shape index (κ1) is 16.3. The van der Waals surface area contributed by atoms with Gasteiger partial charge in [-0.05, 0) is 18.1 Å². The second kappa shape index (κ2) is 6.49. The lowest BCUT2D eigenvalue weighted by atomic mass is 9.99. The van der Waals surface area contributed by atoms with Crippen LogP contribution in [0.1, 0.15) is 23.7 Å². The van der Waals surface area contributed by atoms with E-state index >= 15 is 0 Å². The Morgan fingerprint density at radius 1 is 1.22 bits per heavy atom. The standard InChI is InChI=1S/C16H18F3NO3/c17-16(18,19)13-4-2-1-3-12(13)14-9-20(6-8-23-14)15(21)11-5-7-22-10-11/h1-4,11,14H,5-10H2/t11-,14+/m0/s1. The molecule has 2 aliphatic rings. The number of hydrogen-bond donors (Lipinski definition) is 0. The minimum absolute atomic E-state index is 0.0553. The van der Waals surface area contributed by atoms with E-state index < -0.39 is 17.8 Å². The van der Waals surface area contributed by atoms with E-state index in [0.29, 0.717) is 26.2 Å². The van der Waals surface area contributed by atoms with Crippen LogP contribution in [0.3, 0.4) is 0 Å².